The first-order chi connectivity index (χ1) is 8.99. The Labute approximate surface area is 118 Å². The normalized spacial score (nSPS) is 10.3. The Balaban J connectivity index is 2.49. The van der Waals surface area contributed by atoms with Crippen molar-refractivity contribution in [3.8, 4) is 0 Å². The Morgan fingerprint density at radius 2 is 2.05 bits per heavy atom. The molecule has 0 bridgehead atoms. The molecule has 0 spiro atoms. The molecule has 0 aliphatic rings. The van der Waals surface area contributed by atoms with Crippen molar-refractivity contribution < 1.29 is 14.3 Å². The summed E-state index contributed by atoms with van der Waals surface area (Å²) >= 11 is 3.33. The maximum absolute atomic E-state index is 13.8. The number of rotatable bonds is 3. The molecule has 2 N–H and O–H groups in total. The summed E-state index contributed by atoms with van der Waals surface area (Å²) in [6.45, 7) is 1.86. The van der Waals surface area contributed by atoms with Crippen LogP contribution < -0.4 is 5.32 Å². The van der Waals surface area contributed by atoms with Gasteiger partial charge in [-0.3, -0.25) is 0 Å². The topological polar surface area (TPSA) is 49.3 Å². The fourth-order valence-electron chi connectivity index (χ4n) is 1.69. The van der Waals surface area contributed by atoms with Gasteiger partial charge in [0.2, 0.25) is 0 Å². The van der Waals surface area contributed by atoms with Gasteiger partial charge in [-0.25, -0.2) is 9.18 Å². The standard InChI is InChI=1S/C14H11BrFNO2/c1-8-5-6-9(15)7-12(8)17-13-10(14(18)19)3-2-4-11(13)16/h2-7,17H,1H3,(H,18,19). The molecule has 0 saturated heterocycles. The lowest BCUT2D eigenvalue weighted by molar-refractivity contribution is 0.0697. The maximum Gasteiger partial charge on any atom is 0.337 e. The molecule has 0 heterocycles. The van der Waals surface area contributed by atoms with Gasteiger partial charge < -0.3 is 10.4 Å². The van der Waals surface area contributed by atoms with Gasteiger partial charge in [0.15, 0.2) is 0 Å². The molecule has 0 fully saturated rings. The fourth-order valence-corrected chi connectivity index (χ4v) is 2.05. The number of para-hydroxylation sites is 1. The van der Waals surface area contributed by atoms with Crippen LogP contribution in [-0.4, -0.2) is 11.1 Å². The summed E-state index contributed by atoms with van der Waals surface area (Å²) < 4.78 is 14.6. The first-order valence-corrected chi connectivity index (χ1v) is 6.33. The molecule has 98 valence electrons. The van der Waals surface area contributed by atoms with Crippen LogP contribution in [0.5, 0.6) is 0 Å². The molecule has 5 heteroatoms. The van der Waals surface area contributed by atoms with E-state index in [0.29, 0.717) is 5.69 Å². The molecule has 0 aromatic heterocycles. The third-order valence-corrected chi connectivity index (χ3v) is 3.20. The molecular formula is C14H11BrFNO2. The lowest BCUT2D eigenvalue weighted by atomic mass is 10.1. The minimum atomic E-state index is -1.17. The SMILES string of the molecule is Cc1ccc(Br)cc1Nc1c(F)cccc1C(=O)O. The predicted octanol–water partition coefficient (Wildman–Crippen LogP) is 4.34. The molecule has 0 amide bonds. The van der Waals surface area contributed by atoms with Crippen LogP contribution in [0.3, 0.4) is 0 Å². The number of halogens is 2. The average molecular weight is 324 g/mol. The molecule has 2 rings (SSSR count). The monoisotopic (exact) mass is 323 g/mol. The summed E-state index contributed by atoms with van der Waals surface area (Å²) in [5, 5.41) is 11.9. The summed E-state index contributed by atoms with van der Waals surface area (Å²) in [5.74, 6) is -1.77. The van der Waals surface area contributed by atoms with Crippen molar-refractivity contribution in [3.63, 3.8) is 0 Å². The summed E-state index contributed by atoms with van der Waals surface area (Å²) in [6.07, 6.45) is 0. The molecule has 0 saturated carbocycles. The molecule has 2 aromatic rings. The number of benzene rings is 2. The van der Waals surface area contributed by atoms with Crippen LogP contribution in [0.2, 0.25) is 0 Å². The maximum atomic E-state index is 13.8. The van der Waals surface area contributed by atoms with E-state index in [2.05, 4.69) is 21.2 Å². The van der Waals surface area contributed by atoms with E-state index in [0.717, 1.165) is 10.0 Å². The van der Waals surface area contributed by atoms with Crippen molar-refractivity contribution in [3.05, 3.63) is 57.8 Å². The highest BCUT2D eigenvalue weighted by Gasteiger charge is 2.15. The van der Waals surface area contributed by atoms with Crippen LogP contribution in [0, 0.1) is 12.7 Å². The van der Waals surface area contributed by atoms with Crippen molar-refractivity contribution in [2.45, 2.75) is 6.92 Å². The Morgan fingerprint density at radius 1 is 1.32 bits per heavy atom. The Morgan fingerprint density at radius 3 is 2.74 bits per heavy atom. The van der Waals surface area contributed by atoms with Crippen LogP contribution in [-0.2, 0) is 0 Å². The van der Waals surface area contributed by atoms with Crippen molar-refractivity contribution in [2.24, 2.45) is 0 Å². The van der Waals surface area contributed by atoms with Gasteiger partial charge in [-0.15, -0.1) is 0 Å². The number of aromatic carboxylic acids is 1. The second-order valence-corrected chi connectivity index (χ2v) is 4.97. The van der Waals surface area contributed by atoms with E-state index in [9.17, 15) is 9.18 Å². The molecule has 0 atom stereocenters. The summed E-state index contributed by atoms with van der Waals surface area (Å²) in [5.41, 5.74) is 1.42. The number of carboxylic acid groups (broad SMARTS) is 1. The van der Waals surface area contributed by atoms with E-state index >= 15 is 0 Å². The summed E-state index contributed by atoms with van der Waals surface area (Å²) in [4.78, 5) is 11.1. The van der Waals surface area contributed by atoms with E-state index in [1.54, 1.807) is 6.07 Å². The fraction of sp³-hybridized carbons (Fsp3) is 0.0714. The minimum absolute atomic E-state index is 0.0313. The highest BCUT2D eigenvalue weighted by molar-refractivity contribution is 9.10. The zero-order valence-corrected chi connectivity index (χ0v) is 11.7. The van der Waals surface area contributed by atoms with E-state index < -0.39 is 11.8 Å². The zero-order chi connectivity index (χ0) is 14.0. The number of hydrogen-bond acceptors (Lipinski definition) is 2. The second kappa shape index (κ2) is 5.40. The number of aryl methyl sites for hydroxylation is 1. The van der Waals surface area contributed by atoms with Gasteiger partial charge in [0, 0.05) is 10.2 Å². The molecule has 0 aliphatic heterocycles. The molecule has 19 heavy (non-hydrogen) atoms. The minimum Gasteiger partial charge on any atom is -0.478 e. The first-order valence-electron chi connectivity index (χ1n) is 5.54. The number of carboxylic acids is 1. The van der Waals surface area contributed by atoms with Crippen LogP contribution >= 0.6 is 15.9 Å². The van der Waals surface area contributed by atoms with Crippen LogP contribution in [0.1, 0.15) is 15.9 Å². The third-order valence-electron chi connectivity index (χ3n) is 2.70. The molecular weight excluding hydrogens is 313 g/mol. The van der Waals surface area contributed by atoms with Crippen LogP contribution in [0.15, 0.2) is 40.9 Å². The van der Waals surface area contributed by atoms with E-state index in [1.165, 1.54) is 18.2 Å². The van der Waals surface area contributed by atoms with Gasteiger partial charge >= 0.3 is 5.97 Å². The van der Waals surface area contributed by atoms with Crippen molar-refractivity contribution in [2.75, 3.05) is 5.32 Å². The number of carbonyl (C=O) groups is 1. The second-order valence-electron chi connectivity index (χ2n) is 4.05. The summed E-state index contributed by atoms with van der Waals surface area (Å²) in [6, 6.07) is 9.45. The number of hydrogen-bond donors (Lipinski definition) is 2. The van der Waals surface area contributed by atoms with E-state index in [1.807, 2.05) is 19.1 Å². The van der Waals surface area contributed by atoms with Gasteiger partial charge in [0.25, 0.3) is 0 Å². The van der Waals surface area contributed by atoms with Gasteiger partial charge in [-0.05, 0) is 36.8 Å². The lowest BCUT2D eigenvalue weighted by Gasteiger charge is -2.13. The predicted molar refractivity (Wildman–Crippen MR) is 75.5 cm³/mol. The lowest BCUT2D eigenvalue weighted by Crippen LogP contribution is -2.05. The molecule has 0 unspecified atom stereocenters. The Hall–Kier alpha value is -1.88. The van der Waals surface area contributed by atoms with Crippen molar-refractivity contribution in [1.82, 2.24) is 0 Å². The average Bonchev–Trinajstić information content (AvgIpc) is 2.35. The van der Waals surface area contributed by atoms with Crippen molar-refractivity contribution in [1.29, 1.82) is 0 Å². The van der Waals surface area contributed by atoms with Crippen molar-refractivity contribution >= 4 is 33.3 Å². The third kappa shape index (κ3) is 2.93. The largest absolute Gasteiger partial charge is 0.478 e. The van der Waals surface area contributed by atoms with Gasteiger partial charge in [-0.1, -0.05) is 28.1 Å². The van der Waals surface area contributed by atoms with Crippen LogP contribution in [0.25, 0.3) is 0 Å². The van der Waals surface area contributed by atoms with Gasteiger partial charge in [-0.2, -0.15) is 0 Å². The first kappa shape index (κ1) is 13.5. The smallest absolute Gasteiger partial charge is 0.337 e. The van der Waals surface area contributed by atoms with Gasteiger partial charge in [0.05, 0.1) is 11.3 Å². The van der Waals surface area contributed by atoms with Gasteiger partial charge in [0.1, 0.15) is 5.82 Å². The highest BCUT2D eigenvalue weighted by atomic mass is 79.9. The van der Waals surface area contributed by atoms with E-state index in [4.69, 9.17) is 5.11 Å². The number of nitrogens with one attached hydrogen (secondary N) is 1. The van der Waals surface area contributed by atoms with E-state index in [-0.39, 0.29) is 11.3 Å². The summed E-state index contributed by atoms with van der Waals surface area (Å²) in [7, 11) is 0. The molecule has 0 aliphatic carbocycles. The highest BCUT2D eigenvalue weighted by Crippen LogP contribution is 2.28. The molecule has 2 aromatic carbocycles. The molecule has 3 nitrogen and oxygen atoms in total. The molecule has 0 radical (unpaired) electrons. The number of anilines is 2. The Kier molecular flexibility index (Phi) is 3.85. The van der Waals surface area contributed by atoms with Crippen LogP contribution in [0.4, 0.5) is 15.8 Å². The Bertz CT molecular complexity index is 643. The zero-order valence-electron chi connectivity index (χ0n) is 10.1. The quantitative estimate of drug-likeness (QED) is 0.883.